The molecule has 0 amide bonds. The molecule has 2 aliphatic rings. The fourth-order valence-corrected chi connectivity index (χ4v) is 5.24. The Kier molecular flexibility index (Phi) is 5.92. The summed E-state index contributed by atoms with van der Waals surface area (Å²) in [5.74, 6) is -0.187. The van der Waals surface area contributed by atoms with Crippen molar-refractivity contribution in [3.05, 3.63) is 33.9 Å². The second-order valence-electron chi connectivity index (χ2n) is 8.95. The molecule has 0 saturated heterocycles. The van der Waals surface area contributed by atoms with Gasteiger partial charge in [0.1, 0.15) is 0 Å². The van der Waals surface area contributed by atoms with Crippen LogP contribution in [0.1, 0.15) is 114 Å². The molecule has 0 spiro atoms. The third-order valence-electron chi connectivity index (χ3n) is 6.99. The van der Waals surface area contributed by atoms with Gasteiger partial charge in [-0.3, -0.25) is 0 Å². The molecule has 0 heterocycles. The average molecular weight is 373 g/mol. The first-order valence-electron chi connectivity index (χ1n) is 10.4. The number of carboxylic acid groups (broad SMARTS) is 2. The summed E-state index contributed by atoms with van der Waals surface area (Å²) in [4.78, 5) is 24.3. The summed E-state index contributed by atoms with van der Waals surface area (Å²) in [6.07, 6.45) is 8.12. The van der Waals surface area contributed by atoms with Gasteiger partial charge < -0.3 is 10.2 Å². The fourth-order valence-electron chi connectivity index (χ4n) is 5.24. The first-order chi connectivity index (χ1) is 12.8. The quantitative estimate of drug-likeness (QED) is 0.682. The minimum Gasteiger partial charge on any atom is -0.478 e. The van der Waals surface area contributed by atoms with E-state index in [0.29, 0.717) is 28.5 Å². The van der Waals surface area contributed by atoms with E-state index in [2.05, 4.69) is 13.8 Å². The van der Waals surface area contributed by atoms with Crippen LogP contribution in [0.5, 0.6) is 0 Å². The van der Waals surface area contributed by atoms with E-state index in [4.69, 9.17) is 0 Å². The second kappa shape index (κ2) is 8.04. The van der Waals surface area contributed by atoms with Gasteiger partial charge in [0.2, 0.25) is 0 Å². The molecule has 27 heavy (non-hydrogen) atoms. The maximum atomic E-state index is 12.3. The Morgan fingerprint density at radius 1 is 0.815 bits per heavy atom. The summed E-state index contributed by atoms with van der Waals surface area (Å²) in [5, 5.41) is 19.9. The Morgan fingerprint density at radius 3 is 1.74 bits per heavy atom. The molecule has 2 aliphatic carbocycles. The van der Waals surface area contributed by atoms with Gasteiger partial charge in [0.15, 0.2) is 0 Å². The summed E-state index contributed by atoms with van der Waals surface area (Å²) in [6, 6.07) is 1.68. The van der Waals surface area contributed by atoms with Crippen molar-refractivity contribution in [1.82, 2.24) is 0 Å². The molecular weight excluding hydrogens is 340 g/mol. The lowest BCUT2D eigenvalue weighted by molar-refractivity contribution is 0.0676. The number of benzene rings is 1. The predicted molar refractivity (Wildman–Crippen MR) is 106 cm³/mol. The van der Waals surface area contributed by atoms with Crippen LogP contribution in [0.25, 0.3) is 0 Å². The Morgan fingerprint density at radius 2 is 1.30 bits per heavy atom. The zero-order chi connectivity index (χ0) is 19.7. The van der Waals surface area contributed by atoms with E-state index in [1.165, 1.54) is 0 Å². The minimum absolute atomic E-state index is 0.160. The highest BCUT2D eigenvalue weighted by molar-refractivity contribution is 5.97. The molecule has 0 aromatic heterocycles. The van der Waals surface area contributed by atoms with Gasteiger partial charge >= 0.3 is 11.9 Å². The molecule has 148 valence electrons. The van der Waals surface area contributed by atoms with Crippen molar-refractivity contribution >= 4 is 11.9 Å². The van der Waals surface area contributed by atoms with Gasteiger partial charge in [-0.2, -0.15) is 0 Å². The van der Waals surface area contributed by atoms with Crippen molar-refractivity contribution < 1.29 is 19.8 Å². The number of hydrogen-bond acceptors (Lipinski definition) is 2. The van der Waals surface area contributed by atoms with Gasteiger partial charge in [-0.05, 0) is 79.0 Å². The average Bonchev–Trinajstić information content (AvgIpc) is 2.62. The lowest BCUT2D eigenvalue weighted by Gasteiger charge is -2.33. The van der Waals surface area contributed by atoms with E-state index in [9.17, 15) is 19.8 Å². The monoisotopic (exact) mass is 372 g/mol. The zero-order valence-electron chi connectivity index (χ0n) is 16.8. The summed E-state index contributed by atoms with van der Waals surface area (Å²) in [7, 11) is 0. The molecule has 0 bridgehead atoms. The van der Waals surface area contributed by atoms with E-state index >= 15 is 0 Å². The van der Waals surface area contributed by atoms with Crippen molar-refractivity contribution in [1.29, 1.82) is 0 Å². The largest absolute Gasteiger partial charge is 0.478 e. The van der Waals surface area contributed by atoms with Crippen molar-refractivity contribution in [3.8, 4) is 0 Å². The lowest BCUT2D eigenvalue weighted by atomic mass is 9.71. The van der Waals surface area contributed by atoms with E-state index in [-0.39, 0.29) is 11.8 Å². The third-order valence-corrected chi connectivity index (χ3v) is 6.99. The Balaban J connectivity index is 2.14. The molecule has 0 atom stereocenters. The topological polar surface area (TPSA) is 74.6 Å². The Hall–Kier alpha value is -1.84. The molecule has 4 heteroatoms. The molecule has 0 radical (unpaired) electrons. The lowest BCUT2D eigenvalue weighted by Crippen LogP contribution is -2.22. The third kappa shape index (κ3) is 4.04. The van der Waals surface area contributed by atoms with E-state index < -0.39 is 11.9 Å². The Bertz CT molecular complexity index is 720. The number of rotatable bonds is 4. The van der Waals surface area contributed by atoms with Crippen LogP contribution in [0, 0.1) is 18.8 Å². The predicted octanol–water partition coefficient (Wildman–Crippen LogP) is 5.98. The molecule has 0 aliphatic heterocycles. The number of carboxylic acids is 2. The Labute approximate surface area is 162 Å². The van der Waals surface area contributed by atoms with E-state index in [0.717, 1.165) is 62.5 Å². The molecule has 2 saturated carbocycles. The van der Waals surface area contributed by atoms with Gasteiger partial charge in [0.05, 0.1) is 11.1 Å². The van der Waals surface area contributed by atoms with Crippen molar-refractivity contribution in [2.45, 2.75) is 84.0 Å². The van der Waals surface area contributed by atoms with Crippen LogP contribution in [0.15, 0.2) is 6.07 Å². The smallest absolute Gasteiger partial charge is 0.336 e. The molecule has 3 rings (SSSR count). The standard InChI is InChI=1S/C23H32O4/c1-13-4-8-16(9-5-13)19-12-18(22(24)25)15(3)20(21(19)23(26)27)17-10-6-14(2)7-11-17/h12-14,16-17H,4-11H2,1-3H3,(H,24,25)(H,26,27). The summed E-state index contributed by atoms with van der Waals surface area (Å²) >= 11 is 0. The highest BCUT2D eigenvalue weighted by atomic mass is 16.4. The normalized spacial score (nSPS) is 28.7. The molecule has 1 aromatic carbocycles. The van der Waals surface area contributed by atoms with Gasteiger partial charge in [-0.25, -0.2) is 9.59 Å². The molecule has 2 N–H and O–H groups in total. The van der Waals surface area contributed by atoms with Crippen LogP contribution < -0.4 is 0 Å². The van der Waals surface area contributed by atoms with Crippen LogP contribution in [-0.4, -0.2) is 22.2 Å². The van der Waals surface area contributed by atoms with Gasteiger partial charge in [0, 0.05) is 0 Å². The van der Waals surface area contributed by atoms with Crippen LogP contribution >= 0.6 is 0 Å². The van der Waals surface area contributed by atoms with Crippen LogP contribution in [0.3, 0.4) is 0 Å². The number of hydrogen-bond donors (Lipinski definition) is 2. The minimum atomic E-state index is -0.944. The fraction of sp³-hybridized carbons (Fsp3) is 0.652. The molecule has 0 unspecified atom stereocenters. The summed E-state index contributed by atoms with van der Waals surface area (Å²) in [5.41, 5.74) is 2.94. The molecule has 4 nitrogen and oxygen atoms in total. The van der Waals surface area contributed by atoms with Gasteiger partial charge in [0.25, 0.3) is 0 Å². The zero-order valence-corrected chi connectivity index (χ0v) is 16.8. The van der Waals surface area contributed by atoms with Gasteiger partial charge in [-0.1, -0.05) is 39.5 Å². The van der Waals surface area contributed by atoms with Crippen LogP contribution in [0.4, 0.5) is 0 Å². The van der Waals surface area contributed by atoms with E-state index in [1.54, 1.807) is 13.0 Å². The molecule has 1 aromatic rings. The highest BCUT2D eigenvalue weighted by Crippen LogP contribution is 2.44. The first-order valence-corrected chi connectivity index (χ1v) is 10.4. The maximum absolute atomic E-state index is 12.3. The number of carbonyl (C=O) groups is 2. The van der Waals surface area contributed by atoms with Crippen LogP contribution in [-0.2, 0) is 0 Å². The molecule has 2 fully saturated rings. The first kappa shape index (κ1) is 19.9. The second-order valence-corrected chi connectivity index (χ2v) is 8.95. The summed E-state index contributed by atoms with van der Waals surface area (Å²) in [6.45, 7) is 6.28. The maximum Gasteiger partial charge on any atom is 0.336 e. The van der Waals surface area contributed by atoms with Crippen molar-refractivity contribution in [2.75, 3.05) is 0 Å². The van der Waals surface area contributed by atoms with Crippen molar-refractivity contribution in [2.24, 2.45) is 11.8 Å². The van der Waals surface area contributed by atoms with Crippen LogP contribution in [0.2, 0.25) is 0 Å². The van der Waals surface area contributed by atoms with Crippen molar-refractivity contribution in [3.63, 3.8) is 0 Å². The van der Waals surface area contributed by atoms with E-state index in [1.807, 2.05) is 0 Å². The number of aromatic carboxylic acids is 2. The summed E-state index contributed by atoms with van der Waals surface area (Å²) < 4.78 is 0. The molecular formula is C23H32O4. The highest BCUT2D eigenvalue weighted by Gasteiger charge is 2.33. The van der Waals surface area contributed by atoms with Gasteiger partial charge in [-0.15, -0.1) is 0 Å². The SMILES string of the molecule is Cc1c(C(=O)O)cc(C2CCC(C)CC2)c(C(=O)O)c1C1CCC(C)CC1.